The maximum atomic E-state index is 12.5. The lowest BCUT2D eigenvalue weighted by atomic mass is 9.82. The average Bonchev–Trinajstić information content (AvgIpc) is 2.79. The first-order chi connectivity index (χ1) is 7.70. The highest BCUT2D eigenvalue weighted by molar-refractivity contribution is 5.83. The maximum absolute atomic E-state index is 12.5. The van der Waals surface area contributed by atoms with Crippen LogP contribution in [0.1, 0.15) is 52.4 Å². The van der Waals surface area contributed by atoms with E-state index in [4.69, 9.17) is 5.73 Å². The van der Waals surface area contributed by atoms with Crippen molar-refractivity contribution >= 4 is 5.91 Å². The molecule has 0 radical (unpaired) electrons. The Kier molecular flexibility index (Phi) is 5.26. The summed E-state index contributed by atoms with van der Waals surface area (Å²) in [5, 5.41) is 0. The molecule has 0 aromatic carbocycles. The molecule has 0 aromatic rings. The van der Waals surface area contributed by atoms with E-state index in [1.165, 1.54) is 12.8 Å². The van der Waals surface area contributed by atoms with Gasteiger partial charge in [0.2, 0.25) is 5.91 Å². The van der Waals surface area contributed by atoms with Crippen molar-refractivity contribution < 1.29 is 4.79 Å². The normalized spacial score (nSPS) is 18.7. The molecule has 0 saturated heterocycles. The Morgan fingerprint density at radius 2 is 1.94 bits per heavy atom. The van der Waals surface area contributed by atoms with E-state index >= 15 is 0 Å². The predicted octanol–water partition coefficient (Wildman–Crippen LogP) is 2.15. The van der Waals surface area contributed by atoms with Crippen molar-refractivity contribution in [1.29, 1.82) is 0 Å². The highest BCUT2D eigenvalue weighted by atomic mass is 16.2. The van der Waals surface area contributed by atoms with E-state index in [0.29, 0.717) is 12.5 Å². The summed E-state index contributed by atoms with van der Waals surface area (Å²) in [5.74, 6) is 0.378. The van der Waals surface area contributed by atoms with Crippen LogP contribution in [0, 0.1) is 5.41 Å². The van der Waals surface area contributed by atoms with E-state index < -0.39 is 0 Å². The summed E-state index contributed by atoms with van der Waals surface area (Å²) < 4.78 is 0. The van der Waals surface area contributed by atoms with Crippen molar-refractivity contribution in [2.75, 3.05) is 19.6 Å². The van der Waals surface area contributed by atoms with Crippen molar-refractivity contribution in [2.45, 2.75) is 52.4 Å². The molecule has 1 rings (SSSR count). The Labute approximate surface area is 99.4 Å². The van der Waals surface area contributed by atoms with Crippen LogP contribution in [0.5, 0.6) is 0 Å². The summed E-state index contributed by atoms with van der Waals surface area (Å²) >= 11 is 0. The van der Waals surface area contributed by atoms with Crippen molar-refractivity contribution in [2.24, 2.45) is 11.1 Å². The lowest BCUT2D eigenvalue weighted by Crippen LogP contribution is -2.43. The van der Waals surface area contributed by atoms with E-state index in [9.17, 15) is 4.79 Å². The molecule has 94 valence electrons. The van der Waals surface area contributed by atoms with Crippen LogP contribution in [0.4, 0.5) is 0 Å². The van der Waals surface area contributed by atoms with Crippen molar-refractivity contribution in [3.05, 3.63) is 0 Å². The summed E-state index contributed by atoms with van der Waals surface area (Å²) in [7, 11) is 0. The van der Waals surface area contributed by atoms with Gasteiger partial charge in [-0.05, 0) is 39.2 Å². The fourth-order valence-electron chi connectivity index (χ4n) is 2.79. The molecule has 1 amide bonds. The van der Waals surface area contributed by atoms with Crippen molar-refractivity contribution in [3.8, 4) is 0 Å². The Hall–Kier alpha value is -0.570. The third kappa shape index (κ3) is 2.76. The number of carbonyl (C=O) groups excluding carboxylic acids is 1. The molecule has 1 saturated carbocycles. The number of hydrogen-bond donors (Lipinski definition) is 1. The first-order valence-electron chi connectivity index (χ1n) is 6.69. The van der Waals surface area contributed by atoms with Gasteiger partial charge in [-0.15, -0.1) is 0 Å². The molecular formula is C13H26N2O. The smallest absolute Gasteiger partial charge is 0.228 e. The molecule has 0 aliphatic heterocycles. The monoisotopic (exact) mass is 226 g/mol. The van der Waals surface area contributed by atoms with Gasteiger partial charge in [0.25, 0.3) is 0 Å². The van der Waals surface area contributed by atoms with E-state index in [2.05, 4.69) is 13.8 Å². The maximum Gasteiger partial charge on any atom is 0.228 e. The van der Waals surface area contributed by atoms with Crippen molar-refractivity contribution in [3.63, 3.8) is 0 Å². The first-order valence-corrected chi connectivity index (χ1v) is 6.69. The van der Waals surface area contributed by atoms with Gasteiger partial charge in [0, 0.05) is 18.5 Å². The van der Waals surface area contributed by atoms with E-state index in [1.54, 1.807) is 0 Å². The van der Waals surface area contributed by atoms with Gasteiger partial charge in [0.15, 0.2) is 0 Å². The summed E-state index contributed by atoms with van der Waals surface area (Å²) in [6, 6.07) is 0. The van der Waals surface area contributed by atoms with Crippen LogP contribution in [-0.4, -0.2) is 30.4 Å². The van der Waals surface area contributed by atoms with Gasteiger partial charge in [0.05, 0.1) is 0 Å². The van der Waals surface area contributed by atoms with Gasteiger partial charge < -0.3 is 10.6 Å². The van der Waals surface area contributed by atoms with Gasteiger partial charge in [-0.3, -0.25) is 4.79 Å². The van der Waals surface area contributed by atoms with Gasteiger partial charge in [0.1, 0.15) is 0 Å². The van der Waals surface area contributed by atoms with Crippen LogP contribution in [-0.2, 0) is 4.79 Å². The summed E-state index contributed by atoms with van der Waals surface area (Å²) in [6.07, 6.45) is 6.51. The van der Waals surface area contributed by atoms with E-state index in [0.717, 1.165) is 38.8 Å². The standard InChI is InChI=1S/C13H26N2O/c1-3-13(8-5-6-9-13)12(16)15(4-2)11-7-10-14/h3-11,14H2,1-2H3. The number of carbonyl (C=O) groups is 1. The molecule has 0 heterocycles. The van der Waals surface area contributed by atoms with Crippen LogP contribution in [0.2, 0.25) is 0 Å². The predicted molar refractivity (Wildman–Crippen MR) is 67.1 cm³/mol. The number of rotatable bonds is 6. The minimum atomic E-state index is -0.0371. The molecule has 2 N–H and O–H groups in total. The Bertz CT molecular complexity index is 222. The van der Waals surface area contributed by atoms with Gasteiger partial charge in [-0.2, -0.15) is 0 Å². The van der Waals surface area contributed by atoms with Gasteiger partial charge in [-0.1, -0.05) is 19.8 Å². The molecule has 1 aliphatic rings. The van der Waals surface area contributed by atoms with E-state index in [1.807, 2.05) is 4.90 Å². The minimum Gasteiger partial charge on any atom is -0.342 e. The number of nitrogens with zero attached hydrogens (tertiary/aromatic N) is 1. The molecule has 0 spiro atoms. The molecule has 1 fully saturated rings. The van der Waals surface area contributed by atoms with Crippen LogP contribution in [0.25, 0.3) is 0 Å². The third-order valence-corrected chi connectivity index (χ3v) is 3.99. The second kappa shape index (κ2) is 6.24. The van der Waals surface area contributed by atoms with Gasteiger partial charge >= 0.3 is 0 Å². The molecule has 3 heteroatoms. The average molecular weight is 226 g/mol. The Morgan fingerprint density at radius 1 is 1.31 bits per heavy atom. The largest absolute Gasteiger partial charge is 0.342 e. The van der Waals surface area contributed by atoms with Crippen molar-refractivity contribution in [1.82, 2.24) is 4.90 Å². The zero-order valence-corrected chi connectivity index (χ0v) is 10.8. The summed E-state index contributed by atoms with van der Waals surface area (Å²) in [4.78, 5) is 14.5. The first kappa shape index (κ1) is 13.5. The highest BCUT2D eigenvalue weighted by Gasteiger charge is 2.41. The quantitative estimate of drug-likeness (QED) is 0.754. The highest BCUT2D eigenvalue weighted by Crippen LogP contribution is 2.42. The van der Waals surface area contributed by atoms with E-state index in [-0.39, 0.29) is 5.41 Å². The molecule has 3 nitrogen and oxygen atoms in total. The van der Waals surface area contributed by atoms with Crippen LogP contribution in [0.3, 0.4) is 0 Å². The fourth-order valence-corrected chi connectivity index (χ4v) is 2.79. The minimum absolute atomic E-state index is 0.0371. The molecule has 0 aromatic heterocycles. The molecule has 16 heavy (non-hydrogen) atoms. The molecule has 0 unspecified atom stereocenters. The summed E-state index contributed by atoms with van der Waals surface area (Å²) in [5.41, 5.74) is 5.48. The zero-order chi connectivity index (χ0) is 12.0. The Balaban J connectivity index is 2.64. The topological polar surface area (TPSA) is 46.3 Å². The zero-order valence-electron chi connectivity index (χ0n) is 10.8. The second-order valence-corrected chi connectivity index (χ2v) is 4.87. The molecule has 0 bridgehead atoms. The fraction of sp³-hybridized carbons (Fsp3) is 0.923. The molecular weight excluding hydrogens is 200 g/mol. The number of amides is 1. The molecule has 0 atom stereocenters. The Morgan fingerprint density at radius 3 is 2.38 bits per heavy atom. The second-order valence-electron chi connectivity index (χ2n) is 4.87. The lowest BCUT2D eigenvalue weighted by Gasteiger charge is -2.33. The number of nitrogens with two attached hydrogens (primary N) is 1. The van der Waals surface area contributed by atoms with Gasteiger partial charge in [-0.25, -0.2) is 0 Å². The van der Waals surface area contributed by atoms with Crippen LogP contribution >= 0.6 is 0 Å². The SMILES string of the molecule is CCN(CCCN)C(=O)C1(CC)CCCC1. The van der Waals surface area contributed by atoms with Crippen LogP contribution < -0.4 is 5.73 Å². The number of hydrogen-bond acceptors (Lipinski definition) is 2. The van der Waals surface area contributed by atoms with Crippen LogP contribution in [0.15, 0.2) is 0 Å². The lowest BCUT2D eigenvalue weighted by molar-refractivity contribution is -0.142. The third-order valence-electron chi connectivity index (χ3n) is 3.99. The summed E-state index contributed by atoms with van der Waals surface area (Å²) in [6.45, 7) is 6.53. The molecule has 1 aliphatic carbocycles.